The molecule has 0 fully saturated rings. The van der Waals surface area contributed by atoms with Gasteiger partial charge in [0.25, 0.3) is 0 Å². The zero-order chi connectivity index (χ0) is 11.8. The number of nitrogens with zero attached hydrogens (tertiary/aromatic N) is 3. The topological polar surface area (TPSA) is 50.9 Å². The maximum absolute atomic E-state index is 9.28. The van der Waals surface area contributed by atoms with Gasteiger partial charge in [-0.2, -0.15) is 0 Å². The molecule has 88 valence electrons. The first kappa shape index (κ1) is 10.3. The van der Waals surface area contributed by atoms with Crippen molar-refractivity contribution >= 4 is 0 Å². The molecule has 1 unspecified atom stereocenters. The van der Waals surface area contributed by atoms with Crippen LogP contribution in [0.25, 0.3) is 11.4 Å². The average Bonchev–Trinajstić information content (AvgIpc) is 2.73. The van der Waals surface area contributed by atoms with Crippen molar-refractivity contribution in [1.29, 1.82) is 0 Å². The van der Waals surface area contributed by atoms with Crippen LogP contribution in [-0.4, -0.2) is 19.9 Å². The standard InChI is InChI=1S/C13H15N3O/c1-9-6-7-16-12(8-9)14-15-13(16)10-2-4-11(17)5-3-10/h2-5,9,17H,6-8H2,1H3. The predicted molar refractivity (Wildman–Crippen MR) is 64.6 cm³/mol. The van der Waals surface area contributed by atoms with Gasteiger partial charge in [0.15, 0.2) is 5.82 Å². The van der Waals surface area contributed by atoms with Gasteiger partial charge in [-0.25, -0.2) is 0 Å². The maximum Gasteiger partial charge on any atom is 0.163 e. The normalized spacial score (nSPS) is 19.0. The van der Waals surface area contributed by atoms with E-state index in [1.807, 2.05) is 12.1 Å². The van der Waals surface area contributed by atoms with Crippen molar-refractivity contribution in [2.45, 2.75) is 26.3 Å². The van der Waals surface area contributed by atoms with Crippen LogP contribution in [0.15, 0.2) is 24.3 Å². The van der Waals surface area contributed by atoms with Gasteiger partial charge in [0, 0.05) is 18.5 Å². The molecule has 17 heavy (non-hydrogen) atoms. The van der Waals surface area contributed by atoms with Crippen LogP contribution >= 0.6 is 0 Å². The third-order valence-electron chi connectivity index (χ3n) is 3.33. The van der Waals surface area contributed by atoms with Crippen LogP contribution in [0.3, 0.4) is 0 Å². The number of hydrogen-bond acceptors (Lipinski definition) is 3. The Morgan fingerprint density at radius 3 is 2.76 bits per heavy atom. The Balaban J connectivity index is 2.02. The second-order valence-corrected chi connectivity index (χ2v) is 4.74. The molecule has 3 rings (SSSR count). The number of hydrogen-bond donors (Lipinski definition) is 1. The molecule has 0 amide bonds. The number of rotatable bonds is 1. The molecule has 2 heterocycles. The quantitative estimate of drug-likeness (QED) is 0.815. The van der Waals surface area contributed by atoms with Crippen molar-refractivity contribution in [3.63, 3.8) is 0 Å². The summed E-state index contributed by atoms with van der Waals surface area (Å²) in [6, 6.07) is 7.13. The van der Waals surface area contributed by atoms with Crippen LogP contribution in [0.5, 0.6) is 5.75 Å². The summed E-state index contributed by atoms with van der Waals surface area (Å²) in [4.78, 5) is 0. The number of aromatic nitrogens is 3. The van der Waals surface area contributed by atoms with Crippen molar-refractivity contribution < 1.29 is 5.11 Å². The van der Waals surface area contributed by atoms with Gasteiger partial charge in [-0.1, -0.05) is 6.92 Å². The molecule has 1 aromatic heterocycles. The average molecular weight is 229 g/mol. The molecule has 0 saturated heterocycles. The second kappa shape index (κ2) is 3.87. The van der Waals surface area contributed by atoms with E-state index in [2.05, 4.69) is 21.7 Å². The SMILES string of the molecule is CC1CCn2c(nnc2-c2ccc(O)cc2)C1. The lowest BCUT2D eigenvalue weighted by atomic mass is 10.00. The Hall–Kier alpha value is -1.84. The van der Waals surface area contributed by atoms with Crippen LogP contribution in [0.1, 0.15) is 19.2 Å². The molecule has 4 heteroatoms. The Labute approximate surface area is 99.9 Å². The van der Waals surface area contributed by atoms with Crippen LogP contribution in [0.4, 0.5) is 0 Å². The highest BCUT2D eigenvalue weighted by molar-refractivity contribution is 5.56. The molecule has 0 radical (unpaired) electrons. The first-order valence-electron chi connectivity index (χ1n) is 5.95. The van der Waals surface area contributed by atoms with Crippen LogP contribution in [0, 0.1) is 5.92 Å². The molecule has 1 aliphatic rings. The molecule has 0 spiro atoms. The highest BCUT2D eigenvalue weighted by Crippen LogP contribution is 2.26. The molecule has 0 aliphatic carbocycles. The van der Waals surface area contributed by atoms with Gasteiger partial charge >= 0.3 is 0 Å². The fourth-order valence-electron chi connectivity index (χ4n) is 2.31. The number of phenols is 1. The highest BCUT2D eigenvalue weighted by Gasteiger charge is 2.20. The van der Waals surface area contributed by atoms with Crippen molar-refractivity contribution in [2.24, 2.45) is 5.92 Å². The van der Waals surface area contributed by atoms with E-state index in [1.165, 1.54) is 6.42 Å². The largest absolute Gasteiger partial charge is 0.508 e. The molecule has 1 atom stereocenters. The predicted octanol–water partition coefficient (Wildman–Crippen LogP) is 2.23. The fourth-order valence-corrected chi connectivity index (χ4v) is 2.31. The minimum absolute atomic E-state index is 0.278. The Kier molecular flexibility index (Phi) is 2.35. The Bertz CT molecular complexity index is 530. The summed E-state index contributed by atoms with van der Waals surface area (Å²) < 4.78 is 2.19. The van der Waals surface area contributed by atoms with Gasteiger partial charge in [-0.3, -0.25) is 0 Å². The molecule has 4 nitrogen and oxygen atoms in total. The lowest BCUT2D eigenvalue weighted by molar-refractivity contribution is 0.411. The summed E-state index contributed by atoms with van der Waals surface area (Å²) in [7, 11) is 0. The summed E-state index contributed by atoms with van der Waals surface area (Å²) in [5, 5.41) is 17.8. The monoisotopic (exact) mass is 229 g/mol. The van der Waals surface area contributed by atoms with E-state index in [1.54, 1.807) is 12.1 Å². The first-order valence-corrected chi connectivity index (χ1v) is 5.95. The number of fused-ring (bicyclic) bond motifs is 1. The third kappa shape index (κ3) is 1.79. The summed E-state index contributed by atoms with van der Waals surface area (Å²) >= 11 is 0. The van der Waals surface area contributed by atoms with Gasteiger partial charge in [-0.05, 0) is 36.6 Å². The highest BCUT2D eigenvalue weighted by atomic mass is 16.3. The molecule has 1 aliphatic heterocycles. The summed E-state index contributed by atoms with van der Waals surface area (Å²) in [5.41, 5.74) is 1.01. The molecular formula is C13H15N3O. The van der Waals surface area contributed by atoms with E-state index in [0.717, 1.165) is 30.2 Å². The van der Waals surface area contributed by atoms with E-state index >= 15 is 0 Å². The van der Waals surface area contributed by atoms with Crippen molar-refractivity contribution in [3.05, 3.63) is 30.1 Å². The van der Waals surface area contributed by atoms with E-state index in [-0.39, 0.29) is 5.75 Å². The zero-order valence-corrected chi connectivity index (χ0v) is 9.80. The minimum atomic E-state index is 0.278. The minimum Gasteiger partial charge on any atom is -0.508 e. The summed E-state index contributed by atoms with van der Waals surface area (Å²) in [5.74, 6) is 2.96. The van der Waals surface area contributed by atoms with Crippen molar-refractivity contribution in [1.82, 2.24) is 14.8 Å². The molecule has 1 aromatic carbocycles. The molecular weight excluding hydrogens is 214 g/mol. The maximum atomic E-state index is 9.28. The first-order chi connectivity index (χ1) is 8.24. The Morgan fingerprint density at radius 1 is 1.24 bits per heavy atom. The van der Waals surface area contributed by atoms with E-state index < -0.39 is 0 Å². The second-order valence-electron chi connectivity index (χ2n) is 4.74. The molecule has 0 bridgehead atoms. The van der Waals surface area contributed by atoms with E-state index in [0.29, 0.717) is 5.92 Å². The van der Waals surface area contributed by atoms with Crippen molar-refractivity contribution in [2.75, 3.05) is 0 Å². The van der Waals surface area contributed by atoms with Gasteiger partial charge in [0.2, 0.25) is 0 Å². The lowest BCUT2D eigenvalue weighted by Crippen LogP contribution is -2.17. The number of phenolic OH excluding ortho intramolecular Hbond substituents is 1. The fraction of sp³-hybridized carbons (Fsp3) is 0.385. The van der Waals surface area contributed by atoms with Gasteiger partial charge in [0.05, 0.1) is 0 Å². The van der Waals surface area contributed by atoms with Gasteiger partial charge in [-0.15, -0.1) is 10.2 Å². The van der Waals surface area contributed by atoms with Crippen molar-refractivity contribution in [3.8, 4) is 17.1 Å². The number of aromatic hydroxyl groups is 1. The van der Waals surface area contributed by atoms with E-state index in [9.17, 15) is 5.11 Å². The number of benzene rings is 1. The zero-order valence-electron chi connectivity index (χ0n) is 9.80. The van der Waals surface area contributed by atoms with Gasteiger partial charge in [0.1, 0.15) is 11.6 Å². The molecule has 1 N–H and O–H groups in total. The smallest absolute Gasteiger partial charge is 0.163 e. The van der Waals surface area contributed by atoms with Gasteiger partial charge < -0.3 is 9.67 Å². The third-order valence-corrected chi connectivity index (χ3v) is 3.33. The van der Waals surface area contributed by atoms with Crippen LogP contribution < -0.4 is 0 Å². The molecule has 0 saturated carbocycles. The molecule has 2 aromatic rings. The summed E-state index contributed by atoms with van der Waals surface area (Å²) in [6.45, 7) is 3.23. The van der Waals surface area contributed by atoms with Crippen LogP contribution in [-0.2, 0) is 13.0 Å². The lowest BCUT2D eigenvalue weighted by Gasteiger charge is -2.20. The summed E-state index contributed by atoms with van der Waals surface area (Å²) in [6.07, 6.45) is 2.18. The van der Waals surface area contributed by atoms with E-state index in [4.69, 9.17) is 0 Å². The van der Waals surface area contributed by atoms with Crippen LogP contribution in [0.2, 0.25) is 0 Å². The Morgan fingerprint density at radius 2 is 2.00 bits per heavy atom.